The van der Waals surface area contributed by atoms with Crippen LogP contribution < -0.4 is 9.47 Å². The van der Waals surface area contributed by atoms with Gasteiger partial charge < -0.3 is 19.1 Å². The molecule has 4 atom stereocenters. The Morgan fingerprint density at radius 3 is 2.53 bits per heavy atom. The number of fused-ring (bicyclic) bond motifs is 1. The molecule has 34 heavy (non-hydrogen) atoms. The first-order chi connectivity index (χ1) is 16.2. The first kappa shape index (κ1) is 24.4. The lowest BCUT2D eigenvalue weighted by Gasteiger charge is -2.46. The van der Waals surface area contributed by atoms with Gasteiger partial charge in [-0.25, -0.2) is 0 Å². The SMILES string of the molecule is CCOC(=O)C1CCC1C1CC(c2ccc(OC)c(OC)c2)N2C=C(C(F)(F)F)C=C(Cl)C2=N1. The first-order valence-corrected chi connectivity index (χ1v) is 11.5. The Labute approximate surface area is 201 Å². The van der Waals surface area contributed by atoms with Crippen molar-refractivity contribution in [3.63, 3.8) is 0 Å². The highest BCUT2D eigenvalue weighted by Gasteiger charge is 2.47. The zero-order valence-corrected chi connectivity index (χ0v) is 19.8. The quantitative estimate of drug-likeness (QED) is 0.492. The second-order valence-electron chi connectivity index (χ2n) is 8.47. The standard InChI is InChI=1S/C24H26ClF3N2O4/c1-4-34-23(31)16-7-6-15(16)18-11-19(13-5-8-20(32-2)21(9-13)33-3)30-12-14(24(26,27)28)10-17(25)22(30)29-18/h5,8-10,12,15-16,18-19H,4,6-7,11H2,1-3H3. The number of esters is 1. The Morgan fingerprint density at radius 1 is 1.21 bits per heavy atom. The maximum Gasteiger partial charge on any atom is 0.417 e. The average molecular weight is 499 g/mol. The zero-order chi connectivity index (χ0) is 24.6. The predicted molar refractivity (Wildman–Crippen MR) is 121 cm³/mol. The van der Waals surface area contributed by atoms with Crippen LogP contribution in [0.1, 0.15) is 37.8 Å². The lowest BCUT2D eigenvalue weighted by atomic mass is 9.68. The van der Waals surface area contributed by atoms with E-state index in [1.165, 1.54) is 19.1 Å². The van der Waals surface area contributed by atoms with E-state index in [4.69, 9.17) is 30.8 Å². The molecule has 1 aliphatic carbocycles. The van der Waals surface area contributed by atoms with Crippen molar-refractivity contribution in [3.8, 4) is 11.5 Å². The van der Waals surface area contributed by atoms with Gasteiger partial charge in [0.25, 0.3) is 0 Å². The second-order valence-corrected chi connectivity index (χ2v) is 8.87. The monoisotopic (exact) mass is 498 g/mol. The molecule has 6 nitrogen and oxygen atoms in total. The third-order valence-electron chi connectivity index (χ3n) is 6.64. The lowest BCUT2D eigenvalue weighted by molar-refractivity contribution is -0.155. The molecule has 0 amide bonds. The van der Waals surface area contributed by atoms with Crippen LogP contribution in [0.3, 0.4) is 0 Å². The van der Waals surface area contributed by atoms with Crippen molar-refractivity contribution in [1.82, 2.24) is 4.90 Å². The van der Waals surface area contributed by atoms with Gasteiger partial charge in [-0.2, -0.15) is 13.2 Å². The van der Waals surface area contributed by atoms with E-state index in [0.717, 1.165) is 24.3 Å². The number of methoxy groups -OCH3 is 2. The van der Waals surface area contributed by atoms with E-state index in [1.54, 1.807) is 25.1 Å². The van der Waals surface area contributed by atoms with E-state index in [1.807, 2.05) is 0 Å². The number of hydrogen-bond acceptors (Lipinski definition) is 6. The minimum absolute atomic E-state index is 0.0613. The number of amidine groups is 1. The van der Waals surface area contributed by atoms with E-state index in [0.29, 0.717) is 30.9 Å². The van der Waals surface area contributed by atoms with E-state index in [9.17, 15) is 18.0 Å². The molecular formula is C24H26ClF3N2O4. The van der Waals surface area contributed by atoms with Crippen LogP contribution >= 0.6 is 11.6 Å². The minimum atomic E-state index is -4.56. The number of ether oxygens (including phenoxy) is 3. The van der Waals surface area contributed by atoms with Crippen LogP contribution in [0.15, 0.2) is 46.1 Å². The summed E-state index contributed by atoms with van der Waals surface area (Å²) in [5.74, 6) is 0.645. The molecule has 1 fully saturated rings. The van der Waals surface area contributed by atoms with E-state index in [-0.39, 0.29) is 34.7 Å². The number of allylic oxidation sites excluding steroid dienone is 2. The van der Waals surface area contributed by atoms with Gasteiger partial charge in [-0.05, 0) is 55.9 Å². The van der Waals surface area contributed by atoms with Gasteiger partial charge in [-0.15, -0.1) is 0 Å². The molecule has 0 radical (unpaired) electrons. The van der Waals surface area contributed by atoms with Gasteiger partial charge in [0.05, 0.1) is 49.4 Å². The van der Waals surface area contributed by atoms with E-state index >= 15 is 0 Å². The predicted octanol–water partition coefficient (Wildman–Crippen LogP) is 5.39. The maximum absolute atomic E-state index is 13.6. The van der Waals surface area contributed by atoms with Crippen LogP contribution in [0.5, 0.6) is 11.5 Å². The van der Waals surface area contributed by atoms with Crippen LogP contribution in [-0.4, -0.2) is 49.7 Å². The third kappa shape index (κ3) is 4.50. The molecule has 0 N–H and O–H groups in total. The number of carbonyl (C=O) groups excluding carboxylic acids is 1. The summed E-state index contributed by atoms with van der Waals surface area (Å²) in [5.41, 5.74) is -0.125. The zero-order valence-electron chi connectivity index (χ0n) is 19.1. The highest BCUT2D eigenvalue weighted by Crippen LogP contribution is 2.47. The Balaban J connectivity index is 1.75. The summed E-state index contributed by atoms with van der Waals surface area (Å²) in [6, 6.07) is 4.47. The molecule has 4 unspecified atom stereocenters. The maximum atomic E-state index is 13.6. The average Bonchev–Trinajstić information content (AvgIpc) is 2.77. The van der Waals surface area contributed by atoms with Gasteiger partial charge in [0.15, 0.2) is 11.5 Å². The molecule has 2 aliphatic heterocycles. The van der Waals surface area contributed by atoms with Gasteiger partial charge >= 0.3 is 12.1 Å². The fourth-order valence-corrected chi connectivity index (χ4v) is 5.07. The first-order valence-electron chi connectivity index (χ1n) is 11.1. The van der Waals surface area contributed by atoms with Gasteiger partial charge in [0, 0.05) is 6.20 Å². The van der Waals surface area contributed by atoms with Crippen molar-refractivity contribution in [1.29, 1.82) is 0 Å². The Bertz CT molecular complexity index is 1050. The topological polar surface area (TPSA) is 60.4 Å². The third-order valence-corrected chi connectivity index (χ3v) is 6.92. The number of benzene rings is 1. The summed E-state index contributed by atoms with van der Waals surface area (Å²) in [6.07, 6.45) is -0.717. The van der Waals surface area contributed by atoms with Crippen molar-refractivity contribution in [3.05, 3.63) is 46.6 Å². The summed E-state index contributed by atoms with van der Waals surface area (Å²) in [5, 5.41) is -0.0861. The smallest absolute Gasteiger partial charge is 0.417 e. The number of carbonyl (C=O) groups is 1. The van der Waals surface area contributed by atoms with Crippen molar-refractivity contribution < 1.29 is 32.2 Å². The Hall–Kier alpha value is -2.68. The number of rotatable bonds is 6. The molecule has 3 aliphatic rings. The summed E-state index contributed by atoms with van der Waals surface area (Å²) in [7, 11) is 3.01. The molecule has 0 spiro atoms. The van der Waals surface area contributed by atoms with Crippen molar-refractivity contribution in [2.24, 2.45) is 16.8 Å². The Kier molecular flexibility index (Phi) is 6.85. The summed E-state index contributed by atoms with van der Waals surface area (Å²) in [4.78, 5) is 18.6. The van der Waals surface area contributed by atoms with E-state index < -0.39 is 17.8 Å². The van der Waals surface area contributed by atoms with Crippen LogP contribution in [0.25, 0.3) is 0 Å². The van der Waals surface area contributed by atoms with Crippen LogP contribution in [0.4, 0.5) is 13.2 Å². The molecule has 4 rings (SSSR count). The van der Waals surface area contributed by atoms with E-state index in [2.05, 4.69) is 0 Å². The minimum Gasteiger partial charge on any atom is -0.493 e. The largest absolute Gasteiger partial charge is 0.493 e. The van der Waals surface area contributed by atoms with Gasteiger partial charge in [0.2, 0.25) is 0 Å². The summed E-state index contributed by atoms with van der Waals surface area (Å²) in [6.45, 7) is 2.05. The van der Waals surface area contributed by atoms with Crippen LogP contribution in [0.2, 0.25) is 0 Å². The van der Waals surface area contributed by atoms with Crippen molar-refractivity contribution in [2.75, 3.05) is 20.8 Å². The fourth-order valence-electron chi connectivity index (χ4n) is 4.80. The molecule has 0 aromatic heterocycles. The normalized spacial score (nSPS) is 26.4. The van der Waals surface area contributed by atoms with Crippen molar-refractivity contribution >= 4 is 23.4 Å². The van der Waals surface area contributed by atoms with Gasteiger partial charge in [-0.3, -0.25) is 9.79 Å². The molecule has 10 heteroatoms. The molecule has 0 bridgehead atoms. The summed E-state index contributed by atoms with van der Waals surface area (Å²) < 4.78 is 56.7. The number of alkyl halides is 3. The van der Waals surface area contributed by atoms with Crippen LogP contribution in [0, 0.1) is 11.8 Å². The number of nitrogens with zero attached hydrogens (tertiary/aromatic N) is 2. The number of hydrogen-bond donors (Lipinski definition) is 0. The number of aliphatic imine (C=N–C) groups is 1. The highest BCUT2D eigenvalue weighted by molar-refractivity contribution is 6.43. The fraction of sp³-hybridized carbons (Fsp3) is 0.500. The summed E-state index contributed by atoms with van der Waals surface area (Å²) >= 11 is 6.34. The number of halogens is 4. The van der Waals surface area contributed by atoms with Gasteiger partial charge in [-0.1, -0.05) is 17.7 Å². The Morgan fingerprint density at radius 2 is 1.94 bits per heavy atom. The van der Waals surface area contributed by atoms with Crippen molar-refractivity contribution in [2.45, 2.75) is 44.4 Å². The molecule has 1 saturated carbocycles. The van der Waals surface area contributed by atoms with Gasteiger partial charge in [0.1, 0.15) is 5.84 Å². The molecular weight excluding hydrogens is 473 g/mol. The second kappa shape index (κ2) is 9.52. The highest BCUT2D eigenvalue weighted by atomic mass is 35.5. The van der Waals surface area contributed by atoms with Crippen LogP contribution in [-0.2, 0) is 9.53 Å². The molecule has 1 aromatic rings. The molecule has 184 valence electrons. The lowest BCUT2D eigenvalue weighted by Crippen LogP contribution is -2.47. The molecule has 0 saturated heterocycles. The molecule has 1 aromatic carbocycles. The molecule has 2 heterocycles.